The zero-order valence-electron chi connectivity index (χ0n) is 16.9. The van der Waals surface area contributed by atoms with Gasteiger partial charge in [-0.2, -0.15) is 5.10 Å². The quantitative estimate of drug-likeness (QED) is 0.541. The number of nitrogens with one attached hydrogen (secondary N) is 2. The summed E-state index contributed by atoms with van der Waals surface area (Å²) in [6.45, 7) is 1.51. The molecule has 30 heavy (non-hydrogen) atoms. The molecule has 154 valence electrons. The number of carbonyl (C=O) groups is 1. The largest absolute Gasteiger partial charge is 0.385 e. The Morgan fingerprint density at radius 1 is 1.20 bits per heavy atom. The van der Waals surface area contributed by atoms with Gasteiger partial charge in [0, 0.05) is 56.7 Å². The minimum atomic E-state index is -0.236. The maximum atomic E-state index is 12.3. The van der Waals surface area contributed by atoms with E-state index in [2.05, 4.69) is 37.4 Å². The summed E-state index contributed by atoms with van der Waals surface area (Å²) in [6.07, 6.45) is 7.39. The van der Waals surface area contributed by atoms with Gasteiger partial charge in [0.25, 0.3) is 5.91 Å². The standard InChI is InChI=1S/C21H23N7O2/c1-22-17-10-16(26-28-18(21(29)23-2)11-25-20(17)28)15-12-27(13-5-8-30-9-6-13)19-14(15)4-3-7-24-19/h3-4,7,10-13,22H,5-6,8-9H2,1-2H3,(H,23,29). The van der Waals surface area contributed by atoms with Gasteiger partial charge in [-0.15, -0.1) is 0 Å². The number of aromatic nitrogens is 5. The summed E-state index contributed by atoms with van der Waals surface area (Å²) >= 11 is 0. The van der Waals surface area contributed by atoms with Crippen molar-refractivity contribution in [1.29, 1.82) is 0 Å². The molecule has 0 saturated carbocycles. The van der Waals surface area contributed by atoms with E-state index < -0.39 is 0 Å². The van der Waals surface area contributed by atoms with E-state index in [9.17, 15) is 4.79 Å². The topological polar surface area (TPSA) is 98.4 Å². The molecule has 1 aliphatic heterocycles. The summed E-state index contributed by atoms with van der Waals surface area (Å²) in [5, 5.41) is 11.6. The van der Waals surface area contributed by atoms with Crippen molar-refractivity contribution < 1.29 is 9.53 Å². The van der Waals surface area contributed by atoms with Crippen LogP contribution < -0.4 is 10.6 Å². The highest BCUT2D eigenvalue weighted by molar-refractivity contribution is 5.96. The van der Waals surface area contributed by atoms with E-state index in [1.807, 2.05) is 25.4 Å². The number of nitrogens with zero attached hydrogens (tertiary/aromatic N) is 5. The molecule has 1 amide bonds. The van der Waals surface area contributed by atoms with Crippen LogP contribution in [0.2, 0.25) is 0 Å². The number of hydrogen-bond donors (Lipinski definition) is 2. The normalized spacial score (nSPS) is 15.0. The van der Waals surface area contributed by atoms with E-state index >= 15 is 0 Å². The van der Waals surface area contributed by atoms with Gasteiger partial charge in [0.05, 0.1) is 17.6 Å². The lowest BCUT2D eigenvalue weighted by atomic mass is 10.1. The van der Waals surface area contributed by atoms with Crippen molar-refractivity contribution in [1.82, 2.24) is 29.5 Å². The van der Waals surface area contributed by atoms with E-state index in [-0.39, 0.29) is 5.91 Å². The number of anilines is 1. The summed E-state index contributed by atoms with van der Waals surface area (Å²) in [6, 6.07) is 6.30. The van der Waals surface area contributed by atoms with Crippen molar-refractivity contribution in [3.8, 4) is 11.3 Å². The van der Waals surface area contributed by atoms with Crippen LogP contribution in [0.3, 0.4) is 0 Å². The molecule has 0 aliphatic carbocycles. The fourth-order valence-electron chi connectivity index (χ4n) is 4.10. The second-order valence-electron chi connectivity index (χ2n) is 7.32. The van der Waals surface area contributed by atoms with Gasteiger partial charge in [0.15, 0.2) is 11.3 Å². The molecule has 0 aromatic carbocycles. The molecule has 4 aromatic heterocycles. The molecule has 5 rings (SSSR count). The van der Waals surface area contributed by atoms with E-state index in [1.165, 1.54) is 0 Å². The SMILES string of the molecule is CNC(=O)c1cnc2c(NC)cc(-c3cn(C4CCOCC4)c4ncccc34)nn12. The highest BCUT2D eigenvalue weighted by Gasteiger charge is 2.22. The predicted molar refractivity (Wildman–Crippen MR) is 114 cm³/mol. The highest BCUT2D eigenvalue weighted by Crippen LogP contribution is 2.34. The molecule has 0 unspecified atom stereocenters. The lowest BCUT2D eigenvalue weighted by molar-refractivity contribution is 0.0706. The van der Waals surface area contributed by atoms with Crippen LogP contribution in [0.25, 0.3) is 27.9 Å². The molecule has 1 saturated heterocycles. The van der Waals surface area contributed by atoms with E-state index in [4.69, 9.17) is 9.84 Å². The van der Waals surface area contributed by atoms with Crippen molar-refractivity contribution in [2.24, 2.45) is 0 Å². The lowest BCUT2D eigenvalue weighted by Gasteiger charge is -2.24. The smallest absolute Gasteiger partial charge is 0.271 e. The van der Waals surface area contributed by atoms with Crippen LogP contribution in [-0.2, 0) is 4.74 Å². The minimum Gasteiger partial charge on any atom is -0.385 e. The van der Waals surface area contributed by atoms with Crippen LogP contribution >= 0.6 is 0 Å². The number of fused-ring (bicyclic) bond motifs is 2. The van der Waals surface area contributed by atoms with E-state index in [1.54, 1.807) is 17.8 Å². The predicted octanol–water partition coefficient (Wildman–Crippen LogP) is 2.50. The van der Waals surface area contributed by atoms with Crippen molar-refractivity contribution in [3.63, 3.8) is 0 Å². The molecular formula is C21H23N7O2. The van der Waals surface area contributed by atoms with Gasteiger partial charge in [0.1, 0.15) is 5.65 Å². The van der Waals surface area contributed by atoms with Crippen LogP contribution in [0.5, 0.6) is 0 Å². The van der Waals surface area contributed by atoms with Crippen LogP contribution in [0.15, 0.2) is 36.8 Å². The summed E-state index contributed by atoms with van der Waals surface area (Å²) in [5.74, 6) is -0.236. The van der Waals surface area contributed by atoms with Crippen molar-refractivity contribution in [3.05, 3.63) is 42.5 Å². The number of hydrogen-bond acceptors (Lipinski definition) is 6. The summed E-state index contributed by atoms with van der Waals surface area (Å²) in [4.78, 5) is 21.3. The summed E-state index contributed by atoms with van der Waals surface area (Å²) < 4.78 is 9.37. The fourth-order valence-corrected chi connectivity index (χ4v) is 4.10. The Morgan fingerprint density at radius 3 is 2.80 bits per heavy atom. The zero-order chi connectivity index (χ0) is 20.7. The van der Waals surface area contributed by atoms with Crippen LogP contribution in [0, 0.1) is 0 Å². The molecular weight excluding hydrogens is 382 g/mol. The maximum Gasteiger partial charge on any atom is 0.271 e. The van der Waals surface area contributed by atoms with Gasteiger partial charge in [-0.25, -0.2) is 14.5 Å². The van der Waals surface area contributed by atoms with Gasteiger partial charge in [-0.3, -0.25) is 4.79 Å². The third kappa shape index (κ3) is 2.89. The first-order chi connectivity index (χ1) is 14.7. The van der Waals surface area contributed by atoms with Crippen LogP contribution in [0.1, 0.15) is 29.4 Å². The number of imidazole rings is 1. The number of carbonyl (C=O) groups excluding carboxylic acids is 1. The average molecular weight is 405 g/mol. The average Bonchev–Trinajstić information content (AvgIpc) is 3.40. The Bertz CT molecular complexity index is 1240. The third-order valence-electron chi connectivity index (χ3n) is 5.65. The molecule has 5 heterocycles. The second-order valence-corrected chi connectivity index (χ2v) is 7.32. The molecule has 9 heteroatoms. The van der Waals surface area contributed by atoms with E-state index in [0.717, 1.165) is 54.0 Å². The minimum absolute atomic E-state index is 0.236. The second kappa shape index (κ2) is 7.42. The Balaban J connectivity index is 1.73. The Morgan fingerprint density at radius 2 is 2.03 bits per heavy atom. The van der Waals surface area contributed by atoms with Gasteiger partial charge in [-0.1, -0.05) is 0 Å². The number of pyridine rings is 1. The van der Waals surface area contributed by atoms with Crippen molar-refractivity contribution >= 4 is 28.3 Å². The molecule has 4 aromatic rings. The molecule has 2 N–H and O–H groups in total. The first kappa shape index (κ1) is 18.6. The monoisotopic (exact) mass is 405 g/mol. The fraction of sp³-hybridized carbons (Fsp3) is 0.333. The van der Waals surface area contributed by atoms with Gasteiger partial charge in [-0.05, 0) is 31.0 Å². The lowest BCUT2D eigenvalue weighted by Crippen LogP contribution is -2.20. The number of amides is 1. The Kier molecular flexibility index (Phi) is 4.59. The summed E-state index contributed by atoms with van der Waals surface area (Å²) in [5.41, 5.74) is 4.44. The van der Waals surface area contributed by atoms with Crippen LogP contribution in [-0.4, -0.2) is 57.4 Å². The Labute approximate surface area is 173 Å². The van der Waals surface area contributed by atoms with Gasteiger partial charge >= 0.3 is 0 Å². The van der Waals surface area contributed by atoms with Gasteiger partial charge in [0.2, 0.25) is 0 Å². The van der Waals surface area contributed by atoms with Gasteiger partial charge < -0.3 is 19.9 Å². The van der Waals surface area contributed by atoms with E-state index in [0.29, 0.717) is 17.4 Å². The zero-order valence-corrected chi connectivity index (χ0v) is 16.9. The third-order valence-corrected chi connectivity index (χ3v) is 5.65. The first-order valence-electron chi connectivity index (χ1n) is 10.0. The molecule has 0 spiro atoms. The molecule has 0 atom stereocenters. The number of rotatable bonds is 4. The summed E-state index contributed by atoms with van der Waals surface area (Å²) in [7, 11) is 3.43. The molecule has 9 nitrogen and oxygen atoms in total. The molecule has 1 aliphatic rings. The molecule has 0 bridgehead atoms. The highest BCUT2D eigenvalue weighted by atomic mass is 16.5. The Hall–Kier alpha value is -3.46. The van der Waals surface area contributed by atoms with Crippen molar-refractivity contribution in [2.45, 2.75) is 18.9 Å². The molecule has 1 fully saturated rings. The number of ether oxygens (including phenoxy) is 1. The van der Waals surface area contributed by atoms with Crippen LogP contribution in [0.4, 0.5) is 5.69 Å². The molecule has 0 radical (unpaired) electrons. The first-order valence-corrected chi connectivity index (χ1v) is 10.0. The maximum absolute atomic E-state index is 12.3. The van der Waals surface area contributed by atoms with Crippen molar-refractivity contribution in [2.75, 3.05) is 32.6 Å².